The maximum absolute atomic E-state index is 11.9. The normalized spacial score (nSPS) is 35.6. The van der Waals surface area contributed by atoms with Crippen LogP contribution in [-0.2, 0) is 9.59 Å². The molecule has 0 saturated carbocycles. The number of nitrogens with two attached hydrogens (primary N) is 1. The third-order valence-corrected chi connectivity index (χ3v) is 4.01. The highest BCUT2D eigenvalue weighted by atomic mass is 16.4. The number of carbonyl (C=O) groups excluding carboxylic acids is 1. The monoisotopic (exact) mass is 271 g/mol. The Labute approximate surface area is 111 Å². The molecule has 0 aliphatic carbocycles. The average Bonchev–Trinajstić information content (AvgIpc) is 3.05. The van der Waals surface area contributed by atoms with Crippen LogP contribution in [0.5, 0.6) is 0 Å². The average molecular weight is 271 g/mol. The fourth-order valence-electron chi connectivity index (χ4n) is 2.64. The first-order valence-electron chi connectivity index (χ1n) is 6.55. The number of hydrogen-bond acceptors (Lipinski definition) is 5. The van der Waals surface area contributed by atoms with Gasteiger partial charge in [0.25, 0.3) is 0 Å². The fourth-order valence-corrected chi connectivity index (χ4v) is 2.64. The molecule has 7 nitrogen and oxygen atoms in total. The minimum atomic E-state index is -1.09. The highest BCUT2D eigenvalue weighted by Gasteiger charge is 2.55. The quantitative estimate of drug-likeness (QED) is 0.446. The number of carboxylic acid groups (broad SMARTS) is 1. The lowest BCUT2D eigenvalue weighted by Crippen LogP contribution is -2.55. The Morgan fingerprint density at radius 3 is 2.42 bits per heavy atom. The summed E-state index contributed by atoms with van der Waals surface area (Å²) in [6.45, 7) is 4.31. The van der Waals surface area contributed by atoms with Gasteiger partial charge < -0.3 is 21.3 Å². The predicted molar refractivity (Wildman–Crippen MR) is 67.3 cm³/mol. The van der Waals surface area contributed by atoms with Crippen molar-refractivity contribution in [3.63, 3.8) is 0 Å². The second-order valence-corrected chi connectivity index (χ2v) is 5.73. The van der Waals surface area contributed by atoms with Crippen LogP contribution in [0.15, 0.2) is 0 Å². The molecule has 2 saturated heterocycles. The van der Waals surface area contributed by atoms with Gasteiger partial charge in [0.2, 0.25) is 5.91 Å². The summed E-state index contributed by atoms with van der Waals surface area (Å²) in [7, 11) is 0. The summed E-state index contributed by atoms with van der Waals surface area (Å²) in [5, 5.41) is 21.5. The van der Waals surface area contributed by atoms with Crippen LogP contribution in [0.4, 0.5) is 0 Å². The van der Waals surface area contributed by atoms with Gasteiger partial charge in [0.05, 0.1) is 12.1 Å². The Morgan fingerprint density at radius 2 is 2.05 bits per heavy atom. The minimum absolute atomic E-state index is 0.0578. The van der Waals surface area contributed by atoms with E-state index in [9.17, 15) is 19.8 Å². The molecule has 1 amide bonds. The predicted octanol–water partition coefficient (Wildman–Crippen LogP) is -1.64. The van der Waals surface area contributed by atoms with Crippen LogP contribution in [0.25, 0.3) is 0 Å². The molecule has 0 aromatic carbocycles. The zero-order valence-electron chi connectivity index (χ0n) is 11.1. The van der Waals surface area contributed by atoms with E-state index >= 15 is 0 Å². The summed E-state index contributed by atoms with van der Waals surface area (Å²) in [4.78, 5) is 25.1. The van der Waals surface area contributed by atoms with E-state index in [1.165, 1.54) is 0 Å². The van der Waals surface area contributed by atoms with Crippen molar-refractivity contribution in [3.05, 3.63) is 0 Å². The first-order chi connectivity index (χ1) is 8.82. The Bertz CT molecular complexity index is 387. The van der Waals surface area contributed by atoms with Crippen molar-refractivity contribution in [2.24, 2.45) is 11.7 Å². The standard InChI is InChI=1S/C12H21N3O4/c1-5(2)9(13)11(17)14-10(12(18)19)6-3-8(16)7-4-15(6)7/h5-10,16H,3-4,13H2,1-2H3,(H,14,17)(H,18,19)/t6?,7?,8?,9-,10-,15?/m0/s1. The summed E-state index contributed by atoms with van der Waals surface area (Å²) < 4.78 is 0. The van der Waals surface area contributed by atoms with Crippen LogP contribution >= 0.6 is 0 Å². The number of carboxylic acids is 1. The van der Waals surface area contributed by atoms with Gasteiger partial charge in [0.1, 0.15) is 6.04 Å². The van der Waals surface area contributed by atoms with Crippen LogP contribution < -0.4 is 11.1 Å². The van der Waals surface area contributed by atoms with Gasteiger partial charge in [0.15, 0.2) is 0 Å². The van der Waals surface area contributed by atoms with Crippen molar-refractivity contribution in [2.75, 3.05) is 6.54 Å². The lowest BCUT2D eigenvalue weighted by Gasteiger charge is -2.25. The topological polar surface area (TPSA) is 116 Å². The van der Waals surface area contributed by atoms with Crippen LogP contribution in [0, 0.1) is 5.92 Å². The van der Waals surface area contributed by atoms with Gasteiger partial charge in [-0.3, -0.25) is 9.69 Å². The number of piperidine rings is 1. The molecule has 4 unspecified atom stereocenters. The second-order valence-electron chi connectivity index (χ2n) is 5.73. The number of nitrogens with one attached hydrogen (secondary N) is 1. The zero-order valence-corrected chi connectivity index (χ0v) is 11.1. The van der Waals surface area contributed by atoms with Gasteiger partial charge >= 0.3 is 5.97 Å². The van der Waals surface area contributed by atoms with Crippen molar-refractivity contribution in [1.29, 1.82) is 0 Å². The Hall–Kier alpha value is -1.18. The maximum Gasteiger partial charge on any atom is 0.327 e. The molecule has 108 valence electrons. The van der Waals surface area contributed by atoms with Gasteiger partial charge in [-0.1, -0.05) is 13.8 Å². The number of carbonyl (C=O) groups is 2. The molecule has 0 aromatic heterocycles. The zero-order chi connectivity index (χ0) is 14.3. The van der Waals surface area contributed by atoms with Crippen molar-refractivity contribution in [3.8, 4) is 0 Å². The first kappa shape index (κ1) is 14.2. The molecule has 0 radical (unpaired) electrons. The third-order valence-electron chi connectivity index (χ3n) is 4.01. The van der Waals surface area contributed by atoms with Gasteiger partial charge in [-0.05, 0) is 12.3 Å². The van der Waals surface area contributed by atoms with Crippen LogP contribution in [-0.4, -0.2) is 63.8 Å². The molecule has 5 N–H and O–H groups in total. The molecule has 0 aromatic rings. The summed E-state index contributed by atoms with van der Waals surface area (Å²) in [5.41, 5.74) is 5.71. The molecule has 0 bridgehead atoms. The van der Waals surface area contributed by atoms with Crippen molar-refractivity contribution in [2.45, 2.75) is 50.5 Å². The molecule has 2 rings (SSSR count). The fraction of sp³-hybridized carbons (Fsp3) is 0.833. The number of aliphatic hydroxyl groups is 1. The molecule has 19 heavy (non-hydrogen) atoms. The Kier molecular flexibility index (Phi) is 3.80. The summed E-state index contributed by atoms with van der Waals surface area (Å²) in [6, 6.07) is -2.03. The van der Waals surface area contributed by atoms with E-state index in [1.807, 2.05) is 4.90 Å². The number of nitrogens with zero attached hydrogens (tertiary/aromatic N) is 1. The first-order valence-corrected chi connectivity index (χ1v) is 6.55. The van der Waals surface area contributed by atoms with Crippen LogP contribution in [0.1, 0.15) is 20.3 Å². The van der Waals surface area contributed by atoms with Gasteiger partial charge in [0, 0.05) is 18.6 Å². The van der Waals surface area contributed by atoms with Crippen LogP contribution in [0.3, 0.4) is 0 Å². The number of aliphatic carboxylic acids is 1. The molecule has 7 heteroatoms. The number of aliphatic hydroxyl groups excluding tert-OH is 1. The van der Waals surface area contributed by atoms with Crippen molar-refractivity contribution >= 4 is 11.9 Å². The lowest BCUT2D eigenvalue weighted by atomic mass is 10.0. The minimum Gasteiger partial charge on any atom is -0.480 e. The highest BCUT2D eigenvalue weighted by Crippen LogP contribution is 2.37. The SMILES string of the molecule is CC(C)[C@H](N)C(=O)N[C@H](C(=O)O)C1CC(O)C2CN21. The third kappa shape index (κ3) is 2.72. The maximum atomic E-state index is 11.9. The second kappa shape index (κ2) is 5.07. The van der Waals surface area contributed by atoms with Gasteiger partial charge in [-0.2, -0.15) is 0 Å². The van der Waals surface area contributed by atoms with E-state index in [2.05, 4.69) is 5.32 Å². The molecular weight excluding hydrogens is 250 g/mol. The van der Waals surface area contributed by atoms with E-state index in [0.29, 0.717) is 13.0 Å². The smallest absolute Gasteiger partial charge is 0.327 e. The van der Waals surface area contributed by atoms with Crippen LogP contribution in [0.2, 0.25) is 0 Å². The molecule has 2 fully saturated rings. The number of amides is 1. The number of hydrogen-bond donors (Lipinski definition) is 4. The van der Waals surface area contributed by atoms with E-state index in [4.69, 9.17) is 5.73 Å². The molecule has 2 aliphatic heterocycles. The summed E-state index contributed by atoms with van der Waals surface area (Å²) in [5.74, 6) is -1.60. The highest BCUT2D eigenvalue weighted by molar-refractivity contribution is 5.87. The molecule has 0 spiro atoms. The van der Waals surface area contributed by atoms with Crippen molar-refractivity contribution in [1.82, 2.24) is 10.2 Å². The summed E-state index contributed by atoms with van der Waals surface area (Å²) >= 11 is 0. The molecular formula is C12H21N3O4. The van der Waals surface area contributed by atoms with E-state index in [-0.39, 0.29) is 18.0 Å². The Balaban J connectivity index is 2.01. The van der Waals surface area contributed by atoms with Crippen molar-refractivity contribution < 1.29 is 19.8 Å². The number of rotatable bonds is 5. The largest absolute Gasteiger partial charge is 0.480 e. The molecule has 2 heterocycles. The molecule has 6 atom stereocenters. The van der Waals surface area contributed by atoms with E-state index in [0.717, 1.165) is 0 Å². The Morgan fingerprint density at radius 1 is 1.42 bits per heavy atom. The van der Waals surface area contributed by atoms with Gasteiger partial charge in [-0.25, -0.2) is 4.79 Å². The van der Waals surface area contributed by atoms with E-state index in [1.54, 1.807) is 13.8 Å². The lowest BCUT2D eigenvalue weighted by molar-refractivity contribution is -0.143. The summed E-state index contributed by atoms with van der Waals surface area (Å²) in [6.07, 6.45) is -0.124. The molecule has 2 aliphatic rings. The van der Waals surface area contributed by atoms with E-state index < -0.39 is 30.1 Å². The van der Waals surface area contributed by atoms with Gasteiger partial charge in [-0.15, -0.1) is 0 Å². The number of fused-ring (bicyclic) bond motifs is 1.